The Hall–Kier alpha value is -1.54. The summed E-state index contributed by atoms with van der Waals surface area (Å²) in [5, 5.41) is 10.3. The summed E-state index contributed by atoms with van der Waals surface area (Å²) in [5.41, 5.74) is 0.474. The second-order valence-corrected chi connectivity index (χ2v) is 8.95. The van der Waals surface area contributed by atoms with Gasteiger partial charge in [0, 0.05) is 44.9 Å². The van der Waals surface area contributed by atoms with Crippen LogP contribution in [-0.2, 0) is 9.47 Å². The van der Waals surface area contributed by atoms with Gasteiger partial charge in [-0.2, -0.15) is 0 Å². The summed E-state index contributed by atoms with van der Waals surface area (Å²) in [4.78, 5) is 16.9. The molecule has 0 bridgehead atoms. The third kappa shape index (κ3) is 8.68. The highest BCUT2D eigenvalue weighted by Crippen LogP contribution is 2.14. The molecule has 1 amide bonds. The first kappa shape index (κ1) is 24.7. The topological polar surface area (TPSA) is 62.2 Å². The maximum Gasteiger partial charge on any atom is 0.253 e. The van der Waals surface area contributed by atoms with Gasteiger partial charge in [-0.05, 0) is 36.1 Å². The Morgan fingerprint density at radius 1 is 1.23 bits per heavy atom. The first-order valence-corrected chi connectivity index (χ1v) is 10.9. The summed E-state index contributed by atoms with van der Waals surface area (Å²) in [5.74, 6) is 0.264. The average Bonchev–Trinajstić information content (AvgIpc) is 2.67. The number of morpholine rings is 1. The fourth-order valence-electron chi connectivity index (χ4n) is 3.55. The van der Waals surface area contributed by atoms with Crippen LogP contribution < -0.4 is 0 Å². The number of hydrogen-bond donors (Lipinski definition) is 1. The number of carbonyl (C=O) groups is 1. The van der Waals surface area contributed by atoms with Crippen molar-refractivity contribution >= 4 is 5.91 Å². The van der Waals surface area contributed by atoms with Crippen molar-refractivity contribution in [2.75, 3.05) is 52.5 Å². The second-order valence-electron chi connectivity index (χ2n) is 8.95. The number of β-amino-alcohol motifs (C(OH)–C–C–N with tert-alkyl or cyclic N) is 1. The first-order chi connectivity index (χ1) is 14.2. The van der Waals surface area contributed by atoms with Crippen molar-refractivity contribution in [2.45, 2.75) is 39.9 Å². The molecular formula is C23H37FN2O4. The van der Waals surface area contributed by atoms with Crippen molar-refractivity contribution in [3.63, 3.8) is 0 Å². The molecule has 170 valence electrons. The molecule has 6 nitrogen and oxygen atoms in total. The number of hydrogen-bond acceptors (Lipinski definition) is 5. The summed E-state index contributed by atoms with van der Waals surface area (Å²) in [7, 11) is 0. The highest BCUT2D eigenvalue weighted by Gasteiger charge is 2.27. The fourth-order valence-corrected chi connectivity index (χ4v) is 3.55. The van der Waals surface area contributed by atoms with Crippen molar-refractivity contribution in [3.8, 4) is 0 Å². The molecule has 1 aliphatic rings. The van der Waals surface area contributed by atoms with Gasteiger partial charge in [0.15, 0.2) is 0 Å². The molecule has 1 aliphatic heterocycles. The van der Waals surface area contributed by atoms with Crippen LogP contribution in [0.1, 0.15) is 38.1 Å². The minimum absolute atomic E-state index is 0.119. The molecule has 2 rings (SSSR count). The minimum atomic E-state index is -0.546. The predicted octanol–water partition coefficient (Wildman–Crippen LogP) is 2.66. The summed E-state index contributed by atoms with van der Waals surface area (Å²) < 4.78 is 24.7. The van der Waals surface area contributed by atoms with E-state index >= 15 is 0 Å². The lowest BCUT2D eigenvalue weighted by Gasteiger charge is -2.37. The standard InChI is InChI=1S/C23H37FN2O4/c1-17(2)11-26(23(28)19-5-7-20(24)8-6-19)14-22-13-25(9-10-30-22)12-21(27)16-29-15-18(3)4/h5-8,17-18,21-22,27H,9-16H2,1-4H3. The zero-order valence-electron chi connectivity index (χ0n) is 18.7. The molecular weight excluding hydrogens is 387 g/mol. The number of nitrogens with zero attached hydrogens (tertiary/aromatic N) is 2. The van der Waals surface area contributed by atoms with Crippen LogP contribution in [0.25, 0.3) is 0 Å². The van der Waals surface area contributed by atoms with E-state index in [1.807, 2.05) is 0 Å². The summed E-state index contributed by atoms with van der Waals surface area (Å²) in [6.07, 6.45) is -0.680. The predicted molar refractivity (Wildman–Crippen MR) is 115 cm³/mol. The summed E-state index contributed by atoms with van der Waals surface area (Å²) in [6, 6.07) is 5.66. The van der Waals surface area contributed by atoms with Gasteiger partial charge < -0.3 is 19.5 Å². The van der Waals surface area contributed by atoms with E-state index in [4.69, 9.17) is 9.47 Å². The molecule has 2 unspecified atom stereocenters. The number of rotatable bonds is 11. The third-order valence-electron chi connectivity index (χ3n) is 4.84. The van der Waals surface area contributed by atoms with Crippen LogP contribution in [0.2, 0.25) is 0 Å². The van der Waals surface area contributed by atoms with E-state index in [-0.39, 0.29) is 17.8 Å². The lowest BCUT2D eigenvalue weighted by Crippen LogP contribution is -2.51. The molecule has 0 aliphatic carbocycles. The Morgan fingerprint density at radius 2 is 1.93 bits per heavy atom. The van der Waals surface area contributed by atoms with Crippen LogP contribution in [-0.4, -0.2) is 85.6 Å². The second kappa shape index (κ2) is 12.3. The number of halogens is 1. The number of benzene rings is 1. The molecule has 0 spiro atoms. The average molecular weight is 425 g/mol. The molecule has 0 aromatic heterocycles. The van der Waals surface area contributed by atoms with E-state index in [9.17, 15) is 14.3 Å². The fraction of sp³-hybridized carbons (Fsp3) is 0.696. The monoisotopic (exact) mass is 424 g/mol. The van der Waals surface area contributed by atoms with Gasteiger partial charge in [0.05, 0.1) is 25.4 Å². The van der Waals surface area contributed by atoms with Gasteiger partial charge in [-0.25, -0.2) is 4.39 Å². The highest BCUT2D eigenvalue weighted by atomic mass is 19.1. The molecule has 1 aromatic carbocycles. The molecule has 7 heteroatoms. The van der Waals surface area contributed by atoms with Crippen molar-refractivity contribution in [1.82, 2.24) is 9.80 Å². The van der Waals surface area contributed by atoms with Crippen LogP contribution in [0.4, 0.5) is 4.39 Å². The van der Waals surface area contributed by atoms with Crippen molar-refractivity contribution in [2.24, 2.45) is 11.8 Å². The largest absolute Gasteiger partial charge is 0.389 e. The number of ether oxygens (including phenoxy) is 2. The van der Waals surface area contributed by atoms with E-state index < -0.39 is 6.10 Å². The van der Waals surface area contributed by atoms with Crippen LogP contribution in [0.5, 0.6) is 0 Å². The van der Waals surface area contributed by atoms with Crippen LogP contribution in [0.3, 0.4) is 0 Å². The zero-order valence-corrected chi connectivity index (χ0v) is 18.7. The van der Waals surface area contributed by atoms with Gasteiger partial charge >= 0.3 is 0 Å². The van der Waals surface area contributed by atoms with Crippen LogP contribution >= 0.6 is 0 Å². The Labute approximate surface area is 179 Å². The van der Waals surface area contributed by atoms with Gasteiger partial charge in [-0.1, -0.05) is 27.7 Å². The number of aliphatic hydroxyl groups is 1. The normalized spacial score (nSPS) is 18.7. The first-order valence-electron chi connectivity index (χ1n) is 10.9. The maximum absolute atomic E-state index is 13.2. The molecule has 0 radical (unpaired) electrons. The minimum Gasteiger partial charge on any atom is -0.389 e. The third-order valence-corrected chi connectivity index (χ3v) is 4.84. The van der Waals surface area contributed by atoms with Crippen LogP contribution in [0.15, 0.2) is 24.3 Å². The summed E-state index contributed by atoms with van der Waals surface area (Å²) >= 11 is 0. The Bertz CT molecular complexity index is 639. The van der Waals surface area contributed by atoms with Gasteiger partial charge in [0.1, 0.15) is 5.82 Å². The molecule has 1 saturated heterocycles. The molecule has 30 heavy (non-hydrogen) atoms. The van der Waals surface area contributed by atoms with E-state index in [1.54, 1.807) is 4.90 Å². The molecule has 2 atom stereocenters. The molecule has 1 N–H and O–H groups in total. The van der Waals surface area contributed by atoms with Crippen LogP contribution in [0, 0.1) is 17.7 Å². The van der Waals surface area contributed by atoms with Gasteiger partial charge in [0.2, 0.25) is 0 Å². The number of carbonyl (C=O) groups excluding carboxylic acids is 1. The molecule has 0 saturated carbocycles. The smallest absolute Gasteiger partial charge is 0.253 e. The number of amides is 1. The highest BCUT2D eigenvalue weighted by molar-refractivity contribution is 5.94. The van der Waals surface area contributed by atoms with E-state index in [2.05, 4.69) is 32.6 Å². The van der Waals surface area contributed by atoms with E-state index in [1.165, 1.54) is 24.3 Å². The molecule has 1 aromatic rings. The van der Waals surface area contributed by atoms with Crippen molar-refractivity contribution in [1.29, 1.82) is 0 Å². The van der Waals surface area contributed by atoms with Gasteiger partial charge in [-0.15, -0.1) is 0 Å². The zero-order chi connectivity index (χ0) is 22.1. The SMILES string of the molecule is CC(C)COCC(O)CN1CCOC(CN(CC(C)C)C(=O)c2ccc(F)cc2)C1. The molecule has 1 fully saturated rings. The Balaban J connectivity index is 1.91. The Kier molecular flexibility index (Phi) is 10.2. The quantitative estimate of drug-likeness (QED) is 0.592. The van der Waals surface area contributed by atoms with E-state index in [0.29, 0.717) is 63.4 Å². The molecule has 1 heterocycles. The van der Waals surface area contributed by atoms with E-state index in [0.717, 1.165) is 6.54 Å². The van der Waals surface area contributed by atoms with Gasteiger partial charge in [-0.3, -0.25) is 9.69 Å². The maximum atomic E-state index is 13.2. The lowest BCUT2D eigenvalue weighted by molar-refractivity contribution is -0.0602. The van der Waals surface area contributed by atoms with Crippen molar-refractivity contribution < 1.29 is 23.8 Å². The Morgan fingerprint density at radius 3 is 2.57 bits per heavy atom. The number of aliphatic hydroxyl groups excluding tert-OH is 1. The van der Waals surface area contributed by atoms with Crippen molar-refractivity contribution in [3.05, 3.63) is 35.6 Å². The van der Waals surface area contributed by atoms with Gasteiger partial charge in [0.25, 0.3) is 5.91 Å². The lowest BCUT2D eigenvalue weighted by atomic mass is 10.1. The summed E-state index contributed by atoms with van der Waals surface area (Å²) in [6.45, 7) is 12.8.